The first-order valence-corrected chi connectivity index (χ1v) is 7.39. The molecular formula is C18H23ClN2O2. The lowest BCUT2D eigenvalue weighted by molar-refractivity contribution is -0.123. The summed E-state index contributed by atoms with van der Waals surface area (Å²) in [7, 11) is 0. The maximum absolute atomic E-state index is 12.1. The number of benzene rings is 2. The van der Waals surface area contributed by atoms with E-state index < -0.39 is 6.04 Å². The Bertz CT molecular complexity index is 578. The standard InChI is InChI=1S/C18H22N2O2.ClH/c1-14(12-22-13-15-8-4-2-5-9-15)20-18(21)17(19)16-10-6-3-7-11-16;/h2-11,14,17H,12-13,19H2,1H3,(H,20,21);1H. The molecule has 0 aliphatic heterocycles. The molecule has 0 fully saturated rings. The Morgan fingerprint density at radius 1 is 1.09 bits per heavy atom. The van der Waals surface area contributed by atoms with E-state index in [0.717, 1.165) is 11.1 Å². The topological polar surface area (TPSA) is 64.3 Å². The fourth-order valence-corrected chi connectivity index (χ4v) is 2.11. The van der Waals surface area contributed by atoms with Crippen molar-refractivity contribution in [3.05, 3.63) is 71.8 Å². The average molecular weight is 335 g/mol. The highest BCUT2D eigenvalue weighted by Gasteiger charge is 2.17. The Balaban J connectivity index is 0.00000264. The van der Waals surface area contributed by atoms with E-state index in [2.05, 4.69) is 5.32 Å². The Morgan fingerprint density at radius 2 is 1.65 bits per heavy atom. The molecule has 5 heteroatoms. The molecule has 2 rings (SSSR count). The van der Waals surface area contributed by atoms with E-state index in [0.29, 0.717) is 13.2 Å². The summed E-state index contributed by atoms with van der Waals surface area (Å²) < 4.78 is 5.61. The van der Waals surface area contributed by atoms with Crippen molar-refractivity contribution in [2.75, 3.05) is 6.61 Å². The van der Waals surface area contributed by atoms with Crippen LogP contribution in [0.1, 0.15) is 24.1 Å². The maximum Gasteiger partial charge on any atom is 0.241 e. The average Bonchev–Trinajstić information content (AvgIpc) is 2.56. The van der Waals surface area contributed by atoms with Gasteiger partial charge in [0.2, 0.25) is 5.91 Å². The van der Waals surface area contributed by atoms with E-state index in [4.69, 9.17) is 10.5 Å². The quantitative estimate of drug-likeness (QED) is 0.818. The second-order valence-electron chi connectivity index (χ2n) is 5.30. The molecule has 1 amide bonds. The van der Waals surface area contributed by atoms with Crippen LogP contribution in [0.15, 0.2) is 60.7 Å². The molecule has 0 aromatic heterocycles. The first kappa shape index (κ1) is 19.2. The fraction of sp³-hybridized carbons (Fsp3) is 0.278. The maximum atomic E-state index is 12.1. The number of carbonyl (C=O) groups excluding carboxylic acids is 1. The van der Waals surface area contributed by atoms with Gasteiger partial charge < -0.3 is 15.8 Å². The van der Waals surface area contributed by atoms with Crippen LogP contribution in [-0.4, -0.2) is 18.6 Å². The second-order valence-corrected chi connectivity index (χ2v) is 5.30. The van der Waals surface area contributed by atoms with E-state index in [9.17, 15) is 4.79 Å². The van der Waals surface area contributed by atoms with Gasteiger partial charge in [0.15, 0.2) is 0 Å². The molecule has 2 aromatic carbocycles. The minimum Gasteiger partial charge on any atom is -0.375 e. The molecule has 4 nitrogen and oxygen atoms in total. The summed E-state index contributed by atoms with van der Waals surface area (Å²) in [6, 6.07) is 18.5. The first-order chi connectivity index (χ1) is 10.7. The zero-order valence-corrected chi connectivity index (χ0v) is 14.0. The summed E-state index contributed by atoms with van der Waals surface area (Å²) in [5.74, 6) is -0.193. The van der Waals surface area contributed by atoms with Gasteiger partial charge in [0.05, 0.1) is 13.2 Å². The molecule has 2 aromatic rings. The van der Waals surface area contributed by atoms with E-state index in [1.54, 1.807) is 0 Å². The van der Waals surface area contributed by atoms with Crippen LogP contribution >= 0.6 is 12.4 Å². The molecule has 0 radical (unpaired) electrons. The number of halogens is 1. The smallest absolute Gasteiger partial charge is 0.241 e. The highest BCUT2D eigenvalue weighted by Crippen LogP contribution is 2.09. The zero-order valence-electron chi connectivity index (χ0n) is 13.1. The van der Waals surface area contributed by atoms with Crippen LogP contribution in [0, 0.1) is 0 Å². The molecule has 0 saturated heterocycles. The summed E-state index contributed by atoms with van der Waals surface area (Å²) in [6.07, 6.45) is 0. The first-order valence-electron chi connectivity index (χ1n) is 7.39. The minimum atomic E-state index is -0.655. The van der Waals surface area contributed by atoms with Gasteiger partial charge >= 0.3 is 0 Å². The largest absolute Gasteiger partial charge is 0.375 e. The third-order valence-corrected chi connectivity index (χ3v) is 3.31. The highest BCUT2D eigenvalue weighted by atomic mass is 35.5. The summed E-state index contributed by atoms with van der Waals surface area (Å²) in [6.45, 7) is 2.88. The lowest BCUT2D eigenvalue weighted by atomic mass is 10.1. The number of ether oxygens (including phenoxy) is 1. The van der Waals surface area contributed by atoms with Crippen molar-refractivity contribution in [2.24, 2.45) is 5.73 Å². The molecular weight excluding hydrogens is 312 g/mol. The number of hydrogen-bond acceptors (Lipinski definition) is 3. The van der Waals surface area contributed by atoms with Crippen LogP contribution in [0.4, 0.5) is 0 Å². The van der Waals surface area contributed by atoms with E-state index >= 15 is 0 Å². The summed E-state index contributed by atoms with van der Waals surface area (Å²) in [4.78, 5) is 12.1. The number of nitrogens with two attached hydrogens (primary N) is 1. The highest BCUT2D eigenvalue weighted by molar-refractivity contribution is 5.85. The van der Waals surface area contributed by atoms with Gasteiger partial charge in [-0.15, -0.1) is 12.4 Å². The molecule has 2 atom stereocenters. The fourth-order valence-electron chi connectivity index (χ4n) is 2.11. The summed E-state index contributed by atoms with van der Waals surface area (Å²) in [5.41, 5.74) is 7.87. The van der Waals surface area contributed by atoms with Crippen LogP contribution in [-0.2, 0) is 16.1 Å². The normalized spacial score (nSPS) is 12.8. The Labute approximate surface area is 143 Å². The number of carbonyl (C=O) groups is 1. The van der Waals surface area contributed by atoms with Crippen molar-refractivity contribution < 1.29 is 9.53 Å². The molecule has 0 saturated carbocycles. The Kier molecular flexibility index (Phi) is 8.33. The van der Waals surface area contributed by atoms with Gasteiger partial charge in [-0.1, -0.05) is 60.7 Å². The number of hydrogen-bond donors (Lipinski definition) is 2. The molecule has 3 N–H and O–H groups in total. The van der Waals surface area contributed by atoms with Crippen LogP contribution in [0.25, 0.3) is 0 Å². The summed E-state index contributed by atoms with van der Waals surface area (Å²) in [5, 5.41) is 2.88. The molecule has 2 unspecified atom stereocenters. The molecule has 124 valence electrons. The van der Waals surface area contributed by atoms with Gasteiger partial charge in [-0.3, -0.25) is 4.79 Å². The number of nitrogens with one attached hydrogen (secondary N) is 1. The van der Waals surface area contributed by atoms with Gasteiger partial charge in [0, 0.05) is 6.04 Å². The van der Waals surface area contributed by atoms with Crippen molar-refractivity contribution in [2.45, 2.75) is 25.6 Å². The van der Waals surface area contributed by atoms with E-state index in [1.807, 2.05) is 67.6 Å². The van der Waals surface area contributed by atoms with Crippen molar-refractivity contribution in [3.8, 4) is 0 Å². The summed E-state index contributed by atoms with van der Waals surface area (Å²) >= 11 is 0. The van der Waals surface area contributed by atoms with Gasteiger partial charge in [-0.25, -0.2) is 0 Å². The lowest BCUT2D eigenvalue weighted by Gasteiger charge is -2.18. The molecule has 0 spiro atoms. The van der Waals surface area contributed by atoms with Gasteiger partial charge in [0.25, 0.3) is 0 Å². The number of amides is 1. The monoisotopic (exact) mass is 334 g/mol. The molecule has 0 bridgehead atoms. The van der Waals surface area contributed by atoms with Crippen molar-refractivity contribution in [1.29, 1.82) is 0 Å². The van der Waals surface area contributed by atoms with Crippen LogP contribution < -0.4 is 11.1 Å². The minimum absolute atomic E-state index is 0. The Morgan fingerprint density at radius 3 is 2.26 bits per heavy atom. The molecule has 23 heavy (non-hydrogen) atoms. The van der Waals surface area contributed by atoms with Crippen molar-refractivity contribution in [1.82, 2.24) is 5.32 Å². The molecule has 0 aliphatic carbocycles. The molecule has 0 aliphatic rings. The van der Waals surface area contributed by atoms with Crippen LogP contribution in [0.2, 0.25) is 0 Å². The predicted octanol–water partition coefficient (Wildman–Crippen LogP) is 2.83. The van der Waals surface area contributed by atoms with Gasteiger partial charge in [0.1, 0.15) is 6.04 Å². The third kappa shape index (κ3) is 6.40. The van der Waals surface area contributed by atoms with Crippen molar-refractivity contribution >= 4 is 18.3 Å². The lowest BCUT2D eigenvalue weighted by Crippen LogP contribution is -2.41. The molecule has 0 heterocycles. The van der Waals surface area contributed by atoms with Gasteiger partial charge in [-0.2, -0.15) is 0 Å². The van der Waals surface area contributed by atoms with Crippen LogP contribution in [0.3, 0.4) is 0 Å². The van der Waals surface area contributed by atoms with E-state index in [1.165, 1.54) is 0 Å². The van der Waals surface area contributed by atoms with Crippen LogP contribution in [0.5, 0.6) is 0 Å². The third-order valence-electron chi connectivity index (χ3n) is 3.31. The van der Waals surface area contributed by atoms with Crippen molar-refractivity contribution in [3.63, 3.8) is 0 Å². The zero-order chi connectivity index (χ0) is 15.8. The predicted molar refractivity (Wildman–Crippen MR) is 94.3 cm³/mol. The Hall–Kier alpha value is -1.88. The van der Waals surface area contributed by atoms with Gasteiger partial charge in [-0.05, 0) is 18.1 Å². The second kappa shape index (κ2) is 10.0. The SMILES string of the molecule is CC(COCc1ccccc1)NC(=O)C(N)c1ccccc1.Cl. The number of rotatable bonds is 7. The van der Waals surface area contributed by atoms with E-state index in [-0.39, 0.29) is 24.4 Å².